The molecule has 0 saturated heterocycles. The normalized spacial score (nSPS) is 13.5. The number of carboxylic acid groups (broad SMARTS) is 1. The summed E-state index contributed by atoms with van der Waals surface area (Å²) in [7, 11) is 0. The van der Waals surface area contributed by atoms with Crippen LogP contribution in [0.15, 0.2) is 73.1 Å². The number of hydrogen-bond acceptors (Lipinski definition) is 3. The summed E-state index contributed by atoms with van der Waals surface area (Å²) < 4.78 is 1.68. The lowest BCUT2D eigenvalue weighted by Crippen LogP contribution is -2.49. The van der Waals surface area contributed by atoms with Gasteiger partial charge in [-0.25, -0.2) is 9.78 Å². The molecule has 6 nitrogen and oxygen atoms in total. The summed E-state index contributed by atoms with van der Waals surface area (Å²) in [6, 6.07) is 19.3. The number of aromatic nitrogens is 2. The molecule has 0 aliphatic carbocycles. The van der Waals surface area contributed by atoms with E-state index in [0.29, 0.717) is 16.5 Å². The number of pyridine rings is 1. The number of nitrogens with zero attached hydrogens (tertiary/aromatic N) is 2. The summed E-state index contributed by atoms with van der Waals surface area (Å²) in [5.41, 5.74) is 8.87. The lowest BCUT2D eigenvalue weighted by atomic mass is 9.80. The third-order valence-corrected chi connectivity index (χ3v) is 6.43. The van der Waals surface area contributed by atoms with E-state index in [1.807, 2.05) is 43.3 Å². The Labute approximate surface area is 199 Å². The maximum atomic E-state index is 13.4. The van der Waals surface area contributed by atoms with Gasteiger partial charge in [0.05, 0.1) is 5.52 Å². The Bertz CT molecular complexity index is 1360. The maximum Gasteiger partial charge on any atom is 0.356 e. The second-order valence-electron chi connectivity index (χ2n) is 9.80. The van der Waals surface area contributed by atoms with Gasteiger partial charge < -0.3 is 15.4 Å². The van der Waals surface area contributed by atoms with Crippen LogP contribution in [0, 0.1) is 6.92 Å². The number of benzene rings is 2. The zero-order valence-corrected chi connectivity index (χ0v) is 19.9. The van der Waals surface area contributed by atoms with Gasteiger partial charge in [0.1, 0.15) is 0 Å². The third kappa shape index (κ3) is 3.96. The van der Waals surface area contributed by atoms with Crippen LogP contribution in [-0.2, 0) is 22.2 Å². The largest absolute Gasteiger partial charge is 0.476 e. The van der Waals surface area contributed by atoms with Crippen molar-refractivity contribution in [2.75, 3.05) is 0 Å². The highest BCUT2D eigenvalue weighted by Gasteiger charge is 2.42. The van der Waals surface area contributed by atoms with Crippen molar-refractivity contribution in [3.63, 3.8) is 0 Å². The van der Waals surface area contributed by atoms with Gasteiger partial charge in [0.2, 0.25) is 5.91 Å². The molecular weight excluding hydrogens is 426 g/mol. The van der Waals surface area contributed by atoms with Gasteiger partial charge in [-0.05, 0) is 41.2 Å². The Kier molecular flexibility index (Phi) is 5.77. The van der Waals surface area contributed by atoms with Crippen molar-refractivity contribution in [2.45, 2.75) is 45.1 Å². The standard InChI is InChI=1S/C28H29N3O3/c1-18-5-9-22(10-6-18)28(26(29)34,17-19-7-11-21(12-8-19)27(2,3)4)31-16-14-20-13-15-30-23(24(20)31)25(32)33/h5-16H,17H2,1-4H3,(H2,29,34)(H,32,33). The van der Waals surface area contributed by atoms with Crippen LogP contribution in [0.2, 0.25) is 0 Å². The van der Waals surface area contributed by atoms with Crippen LogP contribution in [0.1, 0.15) is 53.5 Å². The molecule has 1 amide bonds. The zero-order valence-electron chi connectivity index (χ0n) is 19.9. The van der Waals surface area contributed by atoms with Crippen LogP contribution in [0.4, 0.5) is 0 Å². The monoisotopic (exact) mass is 455 g/mol. The predicted octanol–water partition coefficient (Wildman–Crippen LogP) is 4.81. The second-order valence-corrected chi connectivity index (χ2v) is 9.80. The van der Waals surface area contributed by atoms with E-state index in [1.54, 1.807) is 22.9 Å². The SMILES string of the molecule is Cc1ccc(C(Cc2ccc(C(C)(C)C)cc2)(C(N)=O)n2ccc3ccnc(C(=O)O)c32)cc1. The van der Waals surface area contributed by atoms with Crippen LogP contribution in [0.3, 0.4) is 0 Å². The molecule has 6 heteroatoms. The molecule has 4 aromatic rings. The van der Waals surface area contributed by atoms with Crippen LogP contribution >= 0.6 is 0 Å². The Morgan fingerprint density at radius 3 is 2.12 bits per heavy atom. The van der Waals surface area contributed by atoms with E-state index in [1.165, 1.54) is 11.8 Å². The predicted molar refractivity (Wildman–Crippen MR) is 133 cm³/mol. The van der Waals surface area contributed by atoms with Crippen LogP contribution in [0.5, 0.6) is 0 Å². The van der Waals surface area contributed by atoms with Crippen molar-refractivity contribution in [2.24, 2.45) is 5.73 Å². The topological polar surface area (TPSA) is 98.2 Å². The lowest BCUT2D eigenvalue weighted by Gasteiger charge is -2.34. The van der Waals surface area contributed by atoms with Crippen LogP contribution in [0.25, 0.3) is 10.9 Å². The Balaban J connectivity index is 2.00. The van der Waals surface area contributed by atoms with Crippen molar-refractivity contribution in [3.05, 3.63) is 101 Å². The maximum absolute atomic E-state index is 13.4. The van der Waals surface area contributed by atoms with Gasteiger partial charge in [-0.15, -0.1) is 0 Å². The average Bonchev–Trinajstić information content (AvgIpc) is 3.22. The van der Waals surface area contributed by atoms with Gasteiger partial charge in [0.15, 0.2) is 11.2 Å². The van der Waals surface area contributed by atoms with Crippen molar-refractivity contribution in [3.8, 4) is 0 Å². The molecule has 0 radical (unpaired) electrons. The van der Waals surface area contributed by atoms with Gasteiger partial charge in [-0.1, -0.05) is 74.9 Å². The molecule has 0 aliphatic heterocycles. The van der Waals surface area contributed by atoms with Crippen molar-refractivity contribution < 1.29 is 14.7 Å². The molecule has 2 aromatic carbocycles. The summed E-state index contributed by atoms with van der Waals surface area (Å²) in [4.78, 5) is 29.5. The first-order valence-corrected chi connectivity index (χ1v) is 11.2. The summed E-state index contributed by atoms with van der Waals surface area (Å²) in [5.74, 6) is -1.74. The van der Waals surface area contributed by atoms with Crippen molar-refractivity contribution in [1.82, 2.24) is 9.55 Å². The number of amides is 1. The highest BCUT2D eigenvalue weighted by atomic mass is 16.4. The van der Waals surface area contributed by atoms with E-state index in [2.05, 4.69) is 37.9 Å². The molecule has 0 saturated carbocycles. The average molecular weight is 456 g/mol. The number of carboxylic acids is 1. The summed E-state index contributed by atoms with van der Waals surface area (Å²) in [5, 5.41) is 10.5. The van der Waals surface area contributed by atoms with Crippen molar-refractivity contribution >= 4 is 22.8 Å². The minimum atomic E-state index is -1.36. The number of nitrogens with two attached hydrogens (primary N) is 1. The van der Waals surface area contributed by atoms with E-state index in [4.69, 9.17) is 5.73 Å². The molecule has 2 aromatic heterocycles. The molecule has 3 N–H and O–H groups in total. The number of primary amides is 1. The molecule has 0 aliphatic rings. The molecule has 1 atom stereocenters. The molecule has 34 heavy (non-hydrogen) atoms. The highest BCUT2D eigenvalue weighted by Crippen LogP contribution is 2.36. The Morgan fingerprint density at radius 1 is 0.941 bits per heavy atom. The van der Waals surface area contributed by atoms with Crippen LogP contribution in [-0.4, -0.2) is 26.5 Å². The number of rotatable bonds is 6. The number of fused-ring (bicyclic) bond motifs is 1. The second kappa shape index (κ2) is 8.45. The van der Waals surface area contributed by atoms with Gasteiger partial charge in [-0.2, -0.15) is 0 Å². The number of carbonyl (C=O) groups excluding carboxylic acids is 1. The minimum Gasteiger partial charge on any atom is -0.476 e. The van der Waals surface area contributed by atoms with E-state index in [0.717, 1.165) is 11.1 Å². The van der Waals surface area contributed by atoms with Gasteiger partial charge in [0, 0.05) is 24.2 Å². The summed E-state index contributed by atoms with van der Waals surface area (Å²) in [6.07, 6.45) is 3.44. The smallest absolute Gasteiger partial charge is 0.356 e. The molecule has 1 unspecified atom stereocenters. The van der Waals surface area contributed by atoms with E-state index < -0.39 is 17.4 Å². The Morgan fingerprint density at radius 2 is 1.56 bits per heavy atom. The minimum absolute atomic E-state index is 0.00501. The zero-order chi connectivity index (χ0) is 24.7. The number of hydrogen-bond donors (Lipinski definition) is 2. The molecule has 0 spiro atoms. The fourth-order valence-electron chi connectivity index (χ4n) is 4.48. The quantitative estimate of drug-likeness (QED) is 0.436. The Hall–Kier alpha value is -3.93. The molecule has 174 valence electrons. The van der Waals surface area contributed by atoms with Gasteiger partial charge in [0.25, 0.3) is 0 Å². The number of aryl methyl sites for hydroxylation is 1. The van der Waals surface area contributed by atoms with Gasteiger partial charge in [-0.3, -0.25) is 4.79 Å². The van der Waals surface area contributed by atoms with E-state index >= 15 is 0 Å². The summed E-state index contributed by atoms with van der Waals surface area (Å²) >= 11 is 0. The van der Waals surface area contributed by atoms with E-state index in [9.17, 15) is 14.7 Å². The fraction of sp³-hybridized carbons (Fsp3) is 0.250. The number of aromatic carboxylic acids is 1. The first-order valence-electron chi connectivity index (χ1n) is 11.2. The fourth-order valence-corrected chi connectivity index (χ4v) is 4.48. The third-order valence-electron chi connectivity index (χ3n) is 6.43. The first kappa shape index (κ1) is 23.2. The number of carbonyl (C=O) groups is 2. The van der Waals surface area contributed by atoms with Gasteiger partial charge >= 0.3 is 5.97 Å². The molecular formula is C28H29N3O3. The molecule has 0 bridgehead atoms. The van der Waals surface area contributed by atoms with E-state index in [-0.39, 0.29) is 17.5 Å². The lowest BCUT2D eigenvalue weighted by molar-refractivity contribution is -0.124. The first-order chi connectivity index (χ1) is 16.0. The molecule has 2 heterocycles. The molecule has 0 fully saturated rings. The van der Waals surface area contributed by atoms with Crippen molar-refractivity contribution in [1.29, 1.82) is 0 Å². The highest BCUT2D eigenvalue weighted by molar-refractivity contribution is 6.01. The molecule has 4 rings (SSSR count). The van der Waals surface area contributed by atoms with Crippen LogP contribution < -0.4 is 5.73 Å². The summed E-state index contributed by atoms with van der Waals surface area (Å²) in [6.45, 7) is 8.41.